The summed E-state index contributed by atoms with van der Waals surface area (Å²) in [6.45, 7) is 0.155. The molecule has 31 nitrogen and oxygen atoms in total. The summed E-state index contributed by atoms with van der Waals surface area (Å²) in [4.78, 5) is 157. The van der Waals surface area contributed by atoms with Crippen molar-refractivity contribution in [2.75, 3.05) is 34.4 Å². The van der Waals surface area contributed by atoms with Gasteiger partial charge in [-0.15, -0.1) is 0 Å². The molecule has 0 saturated carbocycles. The molecule has 0 saturated heterocycles. The van der Waals surface area contributed by atoms with Crippen molar-refractivity contribution in [3.8, 4) is 0 Å². The highest BCUT2D eigenvalue weighted by atomic mass is 33.1. The smallest absolute Gasteiger partial charge is 0.327 e. The van der Waals surface area contributed by atoms with Crippen LogP contribution in [0.15, 0.2) is 83.1 Å². The zero-order valence-corrected chi connectivity index (χ0v) is 47.2. The largest absolute Gasteiger partial charge is 0.481 e. The van der Waals surface area contributed by atoms with Crippen molar-refractivity contribution in [1.29, 1.82) is 5.41 Å². The third kappa shape index (κ3) is 18.5. The fourth-order valence-electron chi connectivity index (χ4n) is 8.95. The van der Waals surface area contributed by atoms with Crippen molar-refractivity contribution in [2.24, 2.45) is 11.7 Å². The molecule has 4 heterocycles. The van der Waals surface area contributed by atoms with Gasteiger partial charge in [-0.3, -0.25) is 53.5 Å². The number of carbonyl (C=O) groups is 10. The molecule has 2 aliphatic rings. The molecule has 7 rings (SSSR count). The molecule has 0 radical (unpaired) electrons. The molecule has 33 heteroatoms. The first-order chi connectivity index (χ1) is 41.1. The van der Waals surface area contributed by atoms with Crippen LogP contribution < -0.4 is 64.9 Å². The number of benzene rings is 2. The number of allylic oxidation sites excluding steroid dienone is 1. The summed E-state index contributed by atoms with van der Waals surface area (Å²) in [5.41, 5.74) is 14.1. The Morgan fingerprint density at radius 3 is 2.26 bits per heavy atom. The molecule has 6 atom stereocenters. The van der Waals surface area contributed by atoms with Gasteiger partial charge in [-0.25, -0.2) is 19.6 Å². The van der Waals surface area contributed by atoms with E-state index in [9.17, 15) is 68.1 Å². The standard InChI is InChI=1S/C53H61N17O14S2/c54-52(55)57-14-1-2-35(65-40(72)12-11-36(50(81)82)66-45(76)25-3-5-28(6-4-25)58-21-32-22-59-44-43(62-32)49(80)70-53(56)69-44)46(77)67-38(20-42(74)75)48(79)68-39(51(83)84)24-86-85-15-13-41(73)61-29-7-10-34-27(17-29)19-37(64-34)47(78)63-30-8-9-33-26(16-30)18-31(23-71)60-33/h3-9,16,18-19,22-23,27,34-36,38-39,58,60,64H,1-2,10-15,17,20-21,24H2,(H,61,73)(H,63,78)(H,65,72)(H,66,76)(H,67,77)(H,68,79)(H,74,75)(H,81,82)(H,83,84)(H4,54,55,57)(H3,56,59,69,70,80)/t27?,34?,35-,36?,38-,39?/m1/s1. The molecule has 1 aliphatic carbocycles. The number of guanidine groups is 1. The Bertz CT molecular complexity index is 3560. The van der Waals surface area contributed by atoms with Crippen LogP contribution in [-0.4, -0.2) is 154 Å². The van der Waals surface area contributed by atoms with Gasteiger partial charge in [0, 0.05) is 76.4 Å². The number of rotatable bonds is 31. The molecule has 2 aromatic carbocycles. The Morgan fingerprint density at radius 1 is 0.802 bits per heavy atom. The molecular formula is C53H61N17O14S2. The Hall–Kier alpha value is -10.1. The Labute approximate surface area is 495 Å². The summed E-state index contributed by atoms with van der Waals surface area (Å²) >= 11 is 0. The lowest BCUT2D eigenvalue weighted by atomic mass is 9.89. The number of aromatic nitrogens is 5. The summed E-state index contributed by atoms with van der Waals surface area (Å²) in [7, 11) is 2.16. The van der Waals surface area contributed by atoms with Gasteiger partial charge in [0.1, 0.15) is 24.2 Å². The monoisotopic (exact) mass is 1220 g/mol. The number of aldehydes is 1. The first kappa shape index (κ1) is 63.5. The molecular weight excluding hydrogens is 1160 g/mol. The molecule has 454 valence electrons. The SMILES string of the molecule is N=C(N)NCCC[C@@H](NC(=O)CCC(NC(=O)c1ccc(NCc2cnc3nc(N)[nH]c(=O)c3n2)cc1)C(=O)O)C(=O)N[C@H](CC(=O)O)C(=O)NC(CSSCCC(=O)NC1=CCC2NC(C(=O)Nc3ccc4[nH]c(C=O)cc4c3)=CC2C1)C(=O)O. The average molecular weight is 1220 g/mol. The van der Waals surface area contributed by atoms with Gasteiger partial charge in [0.2, 0.25) is 29.6 Å². The minimum atomic E-state index is -1.85. The number of H-pyrrole nitrogens is 2. The number of fused-ring (bicyclic) bond motifs is 3. The molecule has 0 spiro atoms. The van der Waals surface area contributed by atoms with Crippen molar-refractivity contribution in [3.05, 3.63) is 106 Å². The number of hydrogen-bond acceptors (Lipinski definition) is 20. The van der Waals surface area contributed by atoms with Gasteiger partial charge in [-0.1, -0.05) is 33.7 Å². The highest BCUT2D eigenvalue weighted by Crippen LogP contribution is 2.31. The minimum Gasteiger partial charge on any atom is -0.481 e. The number of aromatic amines is 2. The number of hydrogen-bond donors (Lipinski definition) is 17. The third-order valence-electron chi connectivity index (χ3n) is 13.2. The second-order valence-electron chi connectivity index (χ2n) is 19.6. The van der Waals surface area contributed by atoms with Gasteiger partial charge in [-0.2, -0.15) is 4.98 Å². The number of nitrogens with two attached hydrogens (primary N) is 2. The lowest BCUT2D eigenvalue weighted by Crippen LogP contribution is -2.56. The number of anilines is 3. The normalized spacial score (nSPS) is 15.6. The number of nitrogen functional groups attached to an aromatic ring is 1. The molecule has 0 fully saturated rings. The predicted molar refractivity (Wildman–Crippen MR) is 315 cm³/mol. The molecule has 6 amide bonds. The quantitative estimate of drug-likeness (QED) is 0.00921. The second-order valence-corrected chi connectivity index (χ2v) is 22.3. The summed E-state index contributed by atoms with van der Waals surface area (Å²) in [5.74, 6) is -9.70. The van der Waals surface area contributed by atoms with Crippen LogP contribution in [0, 0.1) is 11.3 Å². The average Bonchev–Trinajstić information content (AvgIpc) is 2.58. The Kier molecular flexibility index (Phi) is 22.1. The van der Waals surface area contributed by atoms with E-state index in [1.54, 1.807) is 24.3 Å². The van der Waals surface area contributed by atoms with Gasteiger partial charge < -0.3 is 79.6 Å². The Morgan fingerprint density at radius 2 is 1.53 bits per heavy atom. The molecule has 19 N–H and O–H groups in total. The number of carboxylic acid groups (broad SMARTS) is 3. The molecule has 0 bridgehead atoms. The van der Waals surface area contributed by atoms with Crippen molar-refractivity contribution in [3.63, 3.8) is 0 Å². The van der Waals surface area contributed by atoms with Gasteiger partial charge in [0.15, 0.2) is 23.4 Å². The van der Waals surface area contributed by atoms with Crippen molar-refractivity contribution < 1.29 is 63.3 Å². The zero-order valence-electron chi connectivity index (χ0n) is 45.5. The van der Waals surface area contributed by atoms with Gasteiger partial charge in [0.25, 0.3) is 17.4 Å². The zero-order chi connectivity index (χ0) is 62.0. The fourth-order valence-corrected chi connectivity index (χ4v) is 11.1. The van der Waals surface area contributed by atoms with Crippen LogP contribution >= 0.6 is 21.6 Å². The van der Waals surface area contributed by atoms with Crippen LogP contribution in [0.25, 0.3) is 22.1 Å². The number of carbonyl (C=O) groups excluding carboxylic acids is 7. The number of carboxylic acids is 3. The van der Waals surface area contributed by atoms with Crippen LogP contribution in [0.2, 0.25) is 0 Å². The van der Waals surface area contributed by atoms with Crippen molar-refractivity contribution in [1.82, 2.24) is 62.1 Å². The van der Waals surface area contributed by atoms with Crippen LogP contribution in [0.5, 0.6) is 0 Å². The van der Waals surface area contributed by atoms with Gasteiger partial charge in [0.05, 0.1) is 36.2 Å². The maximum Gasteiger partial charge on any atom is 0.327 e. The second kappa shape index (κ2) is 30.0. The van der Waals surface area contributed by atoms with E-state index in [0.29, 0.717) is 53.3 Å². The van der Waals surface area contributed by atoms with Crippen molar-refractivity contribution in [2.45, 2.75) is 88.1 Å². The number of amides is 6. The molecule has 4 unspecified atom stereocenters. The van der Waals surface area contributed by atoms with Crippen molar-refractivity contribution >= 4 is 127 Å². The first-order valence-corrected chi connectivity index (χ1v) is 29.0. The van der Waals surface area contributed by atoms with E-state index in [0.717, 1.165) is 32.5 Å². The fraction of sp³-hybridized carbons (Fsp3) is 0.340. The van der Waals surface area contributed by atoms with Crippen LogP contribution in [0.3, 0.4) is 0 Å². The summed E-state index contributed by atoms with van der Waals surface area (Å²) in [5, 5.41) is 61.7. The van der Waals surface area contributed by atoms with E-state index < -0.39 is 96.5 Å². The molecule has 5 aromatic rings. The minimum absolute atomic E-state index is 0.0170. The van der Waals surface area contributed by atoms with E-state index >= 15 is 0 Å². The maximum absolute atomic E-state index is 13.7. The van der Waals surface area contributed by atoms with E-state index in [-0.39, 0.29) is 90.3 Å². The number of nitrogens with zero attached hydrogens (tertiary/aromatic N) is 3. The van der Waals surface area contributed by atoms with Crippen LogP contribution in [0.4, 0.5) is 17.3 Å². The van der Waals surface area contributed by atoms with E-state index in [4.69, 9.17) is 16.9 Å². The van der Waals surface area contributed by atoms with Gasteiger partial charge in [-0.05, 0) is 80.6 Å². The highest BCUT2D eigenvalue weighted by Gasteiger charge is 2.34. The summed E-state index contributed by atoms with van der Waals surface area (Å²) < 4.78 is 0. The molecule has 1 aliphatic heterocycles. The topological polar surface area (TPSA) is 503 Å². The third-order valence-corrected chi connectivity index (χ3v) is 15.7. The first-order valence-electron chi connectivity index (χ1n) is 26.5. The van der Waals surface area contributed by atoms with E-state index in [2.05, 4.69) is 72.8 Å². The summed E-state index contributed by atoms with van der Waals surface area (Å²) in [6, 6.07) is 6.20. The maximum atomic E-state index is 13.7. The number of aliphatic carboxylic acids is 3. The number of nitrogens with one attached hydrogen (secondary N) is 12. The molecule has 86 heavy (non-hydrogen) atoms. The molecule has 3 aromatic heterocycles. The van der Waals surface area contributed by atoms with Crippen LogP contribution in [0.1, 0.15) is 77.9 Å². The van der Waals surface area contributed by atoms with E-state index in [1.807, 2.05) is 12.2 Å². The lowest BCUT2D eigenvalue weighted by molar-refractivity contribution is -0.143. The Balaban J connectivity index is 0.846. The van der Waals surface area contributed by atoms with E-state index in [1.165, 1.54) is 30.5 Å². The predicted octanol–water partition coefficient (Wildman–Crippen LogP) is 0.117. The van der Waals surface area contributed by atoms with Crippen LogP contribution in [-0.2, 0) is 44.9 Å². The highest BCUT2D eigenvalue weighted by molar-refractivity contribution is 8.76. The summed E-state index contributed by atoms with van der Waals surface area (Å²) in [6.07, 6.45) is 4.71. The lowest BCUT2D eigenvalue weighted by Gasteiger charge is -2.25. The van der Waals surface area contributed by atoms with Gasteiger partial charge >= 0.3 is 17.9 Å².